The molecule has 26 heavy (non-hydrogen) atoms. The van der Waals surface area contributed by atoms with Crippen LogP contribution in [0.5, 0.6) is 5.75 Å². The molecule has 1 heterocycles. The highest BCUT2D eigenvalue weighted by molar-refractivity contribution is 5.93. The summed E-state index contributed by atoms with van der Waals surface area (Å²) >= 11 is 0. The first-order valence-corrected chi connectivity index (χ1v) is 8.85. The van der Waals surface area contributed by atoms with Crippen LogP contribution < -0.4 is 15.4 Å². The molecule has 4 rings (SSSR count). The fraction of sp³-hybridized carbons (Fsp3) is 0.421. The summed E-state index contributed by atoms with van der Waals surface area (Å²) in [5, 5.41) is 6.67. The molecule has 0 unspecified atom stereocenters. The van der Waals surface area contributed by atoms with Gasteiger partial charge in [0, 0.05) is 29.8 Å². The van der Waals surface area contributed by atoms with Gasteiger partial charge in [-0.15, -0.1) is 0 Å². The Morgan fingerprint density at radius 3 is 2.58 bits per heavy atom. The van der Waals surface area contributed by atoms with Gasteiger partial charge in [0.25, 0.3) is 0 Å². The SMILES string of the molecule is COC(=O)c1ccc(Nc2cc(C3CC3)nc(NC3CC3)n2)cc1OC. The number of ether oxygens (including phenoxy) is 2. The molecule has 7 heteroatoms. The fourth-order valence-electron chi connectivity index (χ4n) is 2.79. The van der Waals surface area contributed by atoms with Gasteiger partial charge in [0.05, 0.1) is 19.9 Å². The van der Waals surface area contributed by atoms with Crippen molar-refractivity contribution in [1.29, 1.82) is 0 Å². The molecule has 2 saturated carbocycles. The molecule has 0 amide bonds. The highest BCUT2D eigenvalue weighted by Gasteiger charge is 2.28. The largest absolute Gasteiger partial charge is 0.496 e. The molecule has 2 aromatic rings. The number of rotatable bonds is 7. The van der Waals surface area contributed by atoms with E-state index in [-0.39, 0.29) is 0 Å². The second-order valence-corrected chi connectivity index (χ2v) is 6.73. The summed E-state index contributed by atoms with van der Waals surface area (Å²) in [6.07, 6.45) is 4.71. The predicted octanol–water partition coefficient (Wildman–Crippen LogP) is 3.47. The Labute approximate surface area is 152 Å². The van der Waals surface area contributed by atoms with E-state index in [1.807, 2.05) is 12.1 Å². The molecule has 0 aliphatic heterocycles. The summed E-state index contributed by atoms with van der Waals surface area (Å²) < 4.78 is 10.1. The number of anilines is 3. The number of benzene rings is 1. The monoisotopic (exact) mass is 354 g/mol. The standard InChI is InChI=1S/C19H22N4O3/c1-25-16-9-13(7-8-14(16)18(24)26-2)20-17-10-15(11-3-4-11)22-19(23-17)21-12-5-6-12/h7-12H,3-6H2,1-2H3,(H2,20,21,22,23). The van der Waals surface area contributed by atoms with Crippen molar-refractivity contribution in [3.05, 3.63) is 35.5 Å². The molecular formula is C19H22N4O3. The van der Waals surface area contributed by atoms with Crippen molar-refractivity contribution in [3.63, 3.8) is 0 Å². The molecule has 0 spiro atoms. The lowest BCUT2D eigenvalue weighted by Crippen LogP contribution is -2.09. The second kappa shape index (κ2) is 6.82. The number of carbonyl (C=O) groups excluding carboxylic acids is 1. The van der Waals surface area contributed by atoms with Gasteiger partial charge in [0.15, 0.2) is 0 Å². The van der Waals surface area contributed by atoms with Crippen molar-refractivity contribution in [2.75, 3.05) is 24.9 Å². The van der Waals surface area contributed by atoms with E-state index < -0.39 is 5.97 Å². The summed E-state index contributed by atoms with van der Waals surface area (Å²) in [5.74, 6) is 1.97. The van der Waals surface area contributed by atoms with Gasteiger partial charge in [0.1, 0.15) is 17.1 Å². The van der Waals surface area contributed by atoms with Crippen LogP contribution in [0.1, 0.15) is 47.7 Å². The minimum Gasteiger partial charge on any atom is -0.496 e. The molecule has 2 aliphatic rings. The first-order valence-electron chi connectivity index (χ1n) is 8.85. The molecule has 1 aromatic heterocycles. The summed E-state index contributed by atoms with van der Waals surface area (Å²) in [6, 6.07) is 7.74. The number of hydrogen-bond donors (Lipinski definition) is 2. The fourth-order valence-corrected chi connectivity index (χ4v) is 2.79. The molecule has 136 valence electrons. The maximum atomic E-state index is 11.8. The zero-order chi connectivity index (χ0) is 18.1. The lowest BCUT2D eigenvalue weighted by molar-refractivity contribution is 0.0597. The van der Waals surface area contributed by atoms with Crippen LogP contribution >= 0.6 is 0 Å². The quantitative estimate of drug-likeness (QED) is 0.736. The third-order valence-corrected chi connectivity index (χ3v) is 4.53. The van der Waals surface area contributed by atoms with Crippen LogP contribution in [0.15, 0.2) is 24.3 Å². The van der Waals surface area contributed by atoms with E-state index in [4.69, 9.17) is 9.47 Å². The zero-order valence-electron chi connectivity index (χ0n) is 14.9. The van der Waals surface area contributed by atoms with Gasteiger partial charge in [-0.25, -0.2) is 9.78 Å². The van der Waals surface area contributed by atoms with Crippen molar-refractivity contribution >= 4 is 23.4 Å². The van der Waals surface area contributed by atoms with Crippen molar-refractivity contribution < 1.29 is 14.3 Å². The molecule has 1 aromatic carbocycles. The summed E-state index contributed by atoms with van der Waals surface area (Å²) in [5.41, 5.74) is 2.24. The van der Waals surface area contributed by atoms with Crippen LogP contribution in [-0.2, 0) is 4.74 Å². The van der Waals surface area contributed by atoms with Crippen LogP contribution in [0.25, 0.3) is 0 Å². The topological polar surface area (TPSA) is 85.4 Å². The Hall–Kier alpha value is -2.83. The Bertz CT molecular complexity index is 832. The zero-order valence-corrected chi connectivity index (χ0v) is 14.9. The van der Waals surface area contributed by atoms with Gasteiger partial charge in [-0.2, -0.15) is 4.98 Å². The minimum absolute atomic E-state index is 0.387. The van der Waals surface area contributed by atoms with E-state index in [9.17, 15) is 4.79 Å². The highest BCUT2D eigenvalue weighted by Crippen LogP contribution is 2.40. The maximum absolute atomic E-state index is 11.8. The maximum Gasteiger partial charge on any atom is 0.341 e. The first-order chi connectivity index (χ1) is 12.7. The van der Waals surface area contributed by atoms with E-state index in [2.05, 4.69) is 20.6 Å². The summed E-state index contributed by atoms with van der Waals surface area (Å²) in [4.78, 5) is 21.0. The van der Waals surface area contributed by atoms with E-state index in [0.29, 0.717) is 29.2 Å². The van der Waals surface area contributed by atoms with Gasteiger partial charge >= 0.3 is 5.97 Å². The van der Waals surface area contributed by atoms with Crippen LogP contribution in [0.4, 0.5) is 17.5 Å². The molecule has 2 N–H and O–H groups in total. The number of aromatic nitrogens is 2. The number of methoxy groups -OCH3 is 2. The van der Waals surface area contributed by atoms with Gasteiger partial charge in [-0.3, -0.25) is 0 Å². The summed E-state index contributed by atoms with van der Waals surface area (Å²) in [6.45, 7) is 0. The normalized spacial score (nSPS) is 16.1. The lowest BCUT2D eigenvalue weighted by Gasteiger charge is -2.13. The number of esters is 1. The number of nitrogens with zero attached hydrogens (tertiary/aromatic N) is 2. The number of carbonyl (C=O) groups is 1. The van der Waals surface area contributed by atoms with Crippen molar-refractivity contribution in [2.45, 2.75) is 37.6 Å². The highest BCUT2D eigenvalue weighted by atomic mass is 16.5. The van der Waals surface area contributed by atoms with E-state index in [0.717, 1.165) is 17.2 Å². The smallest absolute Gasteiger partial charge is 0.341 e. The molecule has 0 atom stereocenters. The molecule has 7 nitrogen and oxygen atoms in total. The van der Waals surface area contributed by atoms with E-state index in [1.54, 1.807) is 12.1 Å². The molecule has 2 aliphatic carbocycles. The van der Waals surface area contributed by atoms with Crippen LogP contribution in [0.2, 0.25) is 0 Å². The van der Waals surface area contributed by atoms with Crippen LogP contribution in [0.3, 0.4) is 0 Å². The van der Waals surface area contributed by atoms with Crippen molar-refractivity contribution in [2.24, 2.45) is 0 Å². The molecular weight excluding hydrogens is 332 g/mol. The van der Waals surface area contributed by atoms with Crippen molar-refractivity contribution in [3.8, 4) is 5.75 Å². The Balaban J connectivity index is 1.59. The first kappa shape index (κ1) is 16.6. The van der Waals surface area contributed by atoms with Crippen LogP contribution in [0, 0.1) is 0 Å². The molecule has 2 fully saturated rings. The Morgan fingerprint density at radius 2 is 1.92 bits per heavy atom. The lowest BCUT2D eigenvalue weighted by atomic mass is 10.1. The van der Waals surface area contributed by atoms with E-state index in [1.165, 1.54) is 39.9 Å². The van der Waals surface area contributed by atoms with Crippen molar-refractivity contribution in [1.82, 2.24) is 9.97 Å². The Morgan fingerprint density at radius 1 is 1.12 bits per heavy atom. The molecule has 0 radical (unpaired) electrons. The predicted molar refractivity (Wildman–Crippen MR) is 98.3 cm³/mol. The average molecular weight is 354 g/mol. The van der Waals surface area contributed by atoms with Gasteiger partial charge in [-0.1, -0.05) is 0 Å². The molecule has 0 saturated heterocycles. The summed E-state index contributed by atoms with van der Waals surface area (Å²) in [7, 11) is 2.88. The van der Waals surface area contributed by atoms with E-state index >= 15 is 0 Å². The van der Waals surface area contributed by atoms with Gasteiger partial charge < -0.3 is 20.1 Å². The molecule has 0 bridgehead atoms. The van der Waals surface area contributed by atoms with Gasteiger partial charge in [0.2, 0.25) is 5.95 Å². The average Bonchev–Trinajstić information content (AvgIpc) is 3.54. The Kier molecular flexibility index (Phi) is 4.36. The number of hydrogen-bond acceptors (Lipinski definition) is 7. The third kappa shape index (κ3) is 3.71. The third-order valence-electron chi connectivity index (χ3n) is 4.53. The van der Waals surface area contributed by atoms with Gasteiger partial charge in [-0.05, 0) is 37.8 Å². The number of nitrogens with one attached hydrogen (secondary N) is 2. The second-order valence-electron chi connectivity index (χ2n) is 6.73. The minimum atomic E-state index is -0.428. The van der Waals surface area contributed by atoms with Crippen LogP contribution in [-0.4, -0.2) is 36.2 Å².